The SMILES string of the molecule is COc1ccc(-n2ncc(O)c(Br)c2=O)cc1. The van der Waals surface area contributed by atoms with Crippen LogP contribution in [-0.2, 0) is 0 Å². The summed E-state index contributed by atoms with van der Waals surface area (Å²) in [5.74, 6) is 0.513. The van der Waals surface area contributed by atoms with Crippen LogP contribution in [0.1, 0.15) is 0 Å². The van der Waals surface area contributed by atoms with Crippen LogP contribution in [0, 0.1) is 0 Å². The van der Waals surface area contributed by atoms with E-state index in [1.165, 1.54) is 10.9 Å². The van der Waals surface area contributed by atoms with Gasteiger partial charge in [-0.2, -0.15) is 9.78 Å². The summed E-state index contributed by atoms with van der Waals surface area (Å²) in [7, 11) is 1.57. The minimum atomic E-state index is -0.421. The van der Waals surface area contributed by atoms with Gasteiger partial charge in [0.25, 0.3) is 5.56 Å². The van der Waals surface area contributed by atoms with E-state index in [1.807, 2.05) is 0 Å². The largest absolute Gasteiger partial charge is 0.505 e. The fourth-order valence-electron chi connectivity index (χ4n) is 1.33. The summed E-state index contributed by atoms with van der Waals surface area (Å²) in [6.45, 7) is 0. The van der Waals surface area contributed by atoms with Gasteiger partial charge in [-0.3, -0.25) is 4.79 Å². The highest BCUT2D eigenvalue weighted by atomic mass is 79.9. The van der Waals surface area contributed by atoms with E-state index in [0.717, 1.165) is 0 Å². The summed E-state index contributed by atoms with van der Waals surface area (Å²) in [4.78, 5) is 11.8. The second-order valence-electron chi connectivity index (χ2n) is 3.26. The molecule has 2 aromatic rings. The van der Waals surface area contributed by atoms with Gasteiger partial charge in [-0.05, 0) is 40.2 Å². The average Bonchev–Trinajstić information content (AvgIpc) is 2.36. The normalized spacial score (nSPS) is 10.2. The Hall–Kier alpha value is -1.82. The van der Waals surface area contributed by atoms with Crippen LogP contribution in [0.15, 0.2) is 39.7 Å². The number of nitrogens with zero attached hydrogens (tertiary/aromatic N) is 2. The lowest BCUT2D eigenvalue weighted by molar-refractivity contribution is 0.414. The smallest absolute Gasteiger partial charge is 0.289 e. The van der Waals surface area contributed by atoms with E-state index < -0.39 is 5.56 Å². The van der Waals surface area contributed by atoms with Gasteiger partial charge < -0.3 is 9.84 Å². The molecule has 0 radical (unpaired) electrons. The second kappa shape index (κ2) is 4.58. The Bertz CT molecular complexity index is 593. The zero-order valence-corrected chi connectivity index (χ0v) is 10.5. The number of aromatic nitrogens is 2. The van der Waals surface area contributed by atoms with Gasteiger partial charge in [0.05, 0.1) is 19.0 Å². The molecular formula is C11H9BrN2O3. The first kappa shape index (κ1) is 11.7. The number of benzene rings is 1. The van der Waals surface area contributed by atoms with Crippen molar-refractivity contribution in [1.29, 1.82) is 0 Å². The molecule has 0 saturated carbocycles. The third-order valence-electron chi connectivity index (χ3n) is 2.22. The summed E-state index contributed by atoms with van der Waals surface area (Å²) >= 11 is 3.01. The molecule has 0 spiro atoms. The molecule has 5 nitrogen and oxygen atoms in total. The van der Waals surface area contributed by atoms with Gasteiger partial charge in [0.2, 0.25) is 0 Å². The highest BCUT2D eigenvalue weighted by Crippen LogP contribution is 2.18. The number of methoxy groups -OCH3 is 1. The molecular weight excluding hydrogens is 288 g/mol. The van der Waals surface area contributed by atoms with Gasteiger partial charge in [0.1, 0.15) is 10.2 Å². The number of halogens is 1. The van der Waals surface area contributed by atoms with Gasteiger partial charge in [-0.15, -0.1) is 0 Å². The zero-order chi connectivity index (χ0) is 12.4. The van der Waals surface area contributed by atoms with Crippen LogP contribution in [0.2, 0.25) is 0 Å². The number of hydrogen-bond donors (Lipinski definition) is 1. The Kier molecular flexibility index (Phi) is 3.14. The van der Waals surface area contributed by atoms with Crippen LogP contribution in [0.4, 0.5) is 0 Å². The third-order valence-corrected chi connectivity index (χ3v) is 2.96. The van der Waals surface area contributed by atoms with Crippen molar-refractivity contribution in [2.75, 3.05) is 7.11 Å². The van der Waals surface area contributed by atoms with Crippen molar-refractivity contribution >= 4 is 15.9 Å². The van der Waals surface area contributed by atoms with Gasteiger partial charge in [0.15, 0.2) is 5.75 Å². The maximum absolute atomic E-state index is 11.8. The molecule has 0 aliphatic carbocycles. The molecule has 1 aromatic carbocycles. The highest BCUT2D eigenvalue weighted by Gasteiger charge is 2.08. The minimum absolute atomic E-state index is 0.0864. The molecule has 2 rings (SSSR count). The molecule has 0 fully saturated rings. The molecule has 17 heavy (non-hydrogen) atoms. The Balaban J connectivity index is 2.53. The van der Waals surface area contributed by atoms with Crippen molar-refractivity contribution in [3.8, 4) is 17.2 Å². The van der Waals surface area contributed by atoms with E-state index in [-0.39, 0.29) is 10.2 Å². The van der Waals surface area contributed by atoms with Gasteiger partial charge >= 0.3 is 0 Å². The topological polar surface area (TPSA) is 64.3 Å². The standard InChI is InChI=1S/C11H9BrN2O3/c1-17-8-4-2-7(3-5-8)14-11(16)10(12)9(15)6-13-14/h2-6,15H,1H3. The van der Waals surface area contributed by atoms with E-state index >= 15 is 0 Å². The van der Waals surface area contributed by atoms with Gasteiger partial charge in [-0.25, -0.2) is 0 Å². The molecule has 0 bridgehead atoms. The first-order chi connectivity index (χ1) is 8.13. The van der Waals surface area contributed by atoms with Crippen molar-refractivity contribution in [1.82, 2.24) is 9.78 Å². The summed E-state index contributed by atoms with van der Waals surface area (Å²) in [5, 5.41) is 13.2. The fourth-order valence-corrected chi connectivity index (χ4v) is 1.60. The molecule has 0 atom stereocenters. The van der Waals surface area contributed by atoms with E-state index in [9.17, 15) is 9.90 Å². The predicted octanol–water partition coefficient (Wildman–Crippen LogP) is 1.71. The van der Waals surface area contributed by atoms with Crippen molar-refractivity contribution in [2.45, 2.75) is 0 Å². The first-order valence-electron chi connectivity index (χ1n) is 4.74. The van der Waals surface area contributed by atoms with E-state index in [1.54, 1.807) is 31.4 Å². The maximum Gasteiger partial charge on any atom is 0.289 e. The minimum Gasteiger partial charge on any atom is -0.505 e. The molecule has 88 valence electrons. The molecule has 1 heterocycles. The third kappa shape index (κ3) is 2.16. The number of ether oxygens (including phenoxy) is 1. The Morgan fingerprint density at radius 1 is 1.35 bits per heavy atom. The van der Waals surface area contributed by atoms with Crippen molar-refractivity contribution < 1.29 is 9.84 Å². The Morgan fingerprint density at radius 3 is 2.59 bits per heavy atom. The maximum atomic E-state index is 11.8. The summed E-state index contributed by atoms with van der Waals surface area (Å²) < 4.78 is 6.29. The molecule has 1 aromatic heterocycles. The number of hydrogen-bond acceptors (Lipinski definition) is 4. The zero-order valence-electron chi connectivity index (χ0n) is 8.92. The lowest BCUT2D eigenvalue weighted by atomic mass is 10.3. The molecule has 0 amide bonds. The Labute approximate surface area is 105 Å². The molecule has 0 saturated heterocycles. The van der Waals surface area contributed by atoms with Gasteiger partial charge in [0, 0.05) is 0 Å². The van der Waals surface area contributed by atoms with E-state index in [4.69, 9.17) is 4.74 Å². The van der Waals surface area contributed by atoms with Crippen LogP contribution in [0.5, 0.6) is 11.5 Å². The van der Waals surface area contributed by atoms with Crippen LogP contribution >= 0.6 is 15.9 Å². The number of rotatable bonds is 2. The average molecular weight is 297 g/mol. The van der Waals surface area contributed by atoms with Crippen LogP contribution in [0.3, 0.4) is 0 Å². The van der Waals surface area contributed by atoms with E-state index in [0.29, 0.717) is 11.4 Å². The molecule has 0 aliphatic rings. The van der Waals surface area contributed by atoms with Gasteiger partial charge in [-0.1, -0.05) is 0 Å². The van der Waals surface area contributed by atoms with Crippen molar-refractivity contribution in [3.63, 3.8) is 0 Å². The highest BCUT2D eigenvalue weighted by molar-refractivity contribution is 9.10. The molecule has 0 unspecified atom stereocenters. The van der Waals surface area contributed by atoms with Crippen LogP contribution < -0.4 is 10.3 Å². The lowest BCUT2D eigenvalue weighted by Crippen LogP contribution is -2.21. The molecule has 1 N–H and O–H groups in total. The first-order valence-corrected chi connectivity index (χ1v) is 5.54. The summed E-state index contributed by atoms with van der Waals surface area (Å²) in [6, 6.07) is 6.86. The van der Waals surface area contributed by atoms with Crippen molar-refractivity contribution in [3.05, 3.63) is 45.3 Å². The second-order valence-corrected chi connectivity index (χ2v) is 4.05. The monoisotopic (exact) mass is 296 g/mol. The van der Waals surface area contributed by atoms with E-state index in [2.05, 4.69) is 21.0 Å². The van der Waals surface area contributed by atoms with Crippen LogP contribution in [-0.4, -0.2) is 22.0 Å². The quantitative estimate of drug-likeness (QED) is 0.916. The van der Waals surface area contributed by atoms with Crippen LogP contribution in [0.25, 0.3) is 5.69 Å². The summed E-state index contributed by atoms with van der Waals surface area (Å²) in [5.41, 5.74) is 0.173. The lowest BCUT2D eigenvalue weighted by Gasteiger charge is -2.06. The van der Waals surface area contributed by atoms with Crippen molar-refractivity contribution in [2.24, 2.45) is 0 Å². The summed E-state index contributed by atoms with van der Waals surface area (Å²) in [6.07, 6.45) is 1.20. The Morgan fingerprint density at radius 2 is 2.00 bits per heavy atom. The molecule has 6 heteroatoms. The fraction of sp³-hybridized carbons (Fsp3) is 0.0909. The number of aromatic hydroxyl groups is 1. The molecule has 0 aliphatic heterocycles. The predicted molar refractivity (Wildman–Crippen MR) is 65.8 cm³/mol.